The van der Waals surface area contributed by atoms with E-state index in [-0.39, 0.29) is 17.9 Å². The van der Waals surface area contributed by atoms with Crippen molar-refractivity contribution >= 4 is 17.3 Å². The Labute approximate surface area is 172 Å². The molecular formula is C24H29N3O2. The highest BCUT2D eigenvalue weighted by molar-refractivity contribution is 5.82. The van der Waals surface area contributed by atoms with Crippen molar-refractivity contribution in [2.24, 2.45) is 11.8 Å². The summed E-state index contributed by atoms with van der Waals surface area (Å²) in [5.74, 6) is 1.78. The molecule has 1 saturated heterocycles. The van der Waals surface area contributed by atoms with Crippen molar-refractivity contribution in [3.05, 3.63) is 54.1 Å². The zero-order valence-electron chi connectivity index (χ0n) is 17.0. The second-order valence-electron chi connectivity index (χ2n) is 8.53. The second kappa shape index (κ2) is 7.62. The average Bonchev–Trinajstić information content (AvgIpc) is 3.61. The number of para-hydroxylation sites is 1. The van der Waals surface area contributed by atoms with Crippen LogP contribution in [0.1, 0.15) is 18.4 Å². The highest BCUT2D eigenvalue weighted by Gasteiger charge is 2.41. The summed E-state index contributed by atoms with van der Waals surface area (Å²) < 4.78 is 5.30. The molecule has 5 nitrogen and oxygen atoms in total. The first-order valence-corrected chi connectivity index (χ1v) is 10.7. The first-order chi connectivity index (χ1) is 14.2. The number of amides is 1. The van der Waals surface area contributed by atoms with E-state index >= 15 is 0 Å². The maximum absolute atomic E-state index is 13.1. The molecule has 1 amide bonds. The molecule has 0 radical (unpaired) electrons. The normalized spacial score (nSPS) is 23.2. The van der Waals surface area contributed by atoms with Crippen molar-refractivity contribution < 1.29 is 9.53 Å². The van der Waals surface area contributed by atoms with E-state index < -0.39 is 0 Å². The van der Waals surface area contributed by atoms with E-state index in [1.807, 2.05) is 12.1 Å². The first kappa shape index (κ1) is 18.3. The van der Waals surface area contributed by atoms with Crippen LogP contribution in [0.3, 0.4) is 0 Å². The highest BCUT2D eigenvalue weighted by Crippen LogP contribution is 2.37. The maximum atomic E-state index is 13.1. The SMILES string of the molecule is COc1ccc(N2CCN3c4ccccc4C[C@H](C(=O)NCC4CC4)[C@@H]3C2)cc1. The predicted octanol–water partition coefficient (Wildman–Crippen LogP) is 3.09. The van der Waals surface area contributed by atoms with Crippen molar-refractivity contribution in [3.8, 4) is 5.75 Å². The van der Waals surface area contributed by atoms with Crippen molar-refractivity contribution in [1.29, 1.82) is 0 Å². The number of hydrogen-bond acceptors (Lipinski definition) is 4. The quantitative estimate of drug-likeness (QED) is 0.851. The molecule has 3 aliphatic rings. The van der Waals surface area contributed by atoms with Crippen molar-refractivity contribution in [3.63, 3.8) is 0 Å². The third-order valence-electron chi connectivity index (χ3n) is 6.66. The molecule has 2 aliphatic heterocycles. The summed E-state index contributed by atoms with van der Waals surface area (Å²) in [4.78, 5) is 18.0. The van der Waals surface area contributed by atoms with E-state index in [0.717, 1.165) is 38.3 Å². The van der Waals surface area contributed by atoms with Crippen LogP contribution in [0.5, 0.6) is 5.75 Å². The molecule has 2 heterocycles. The van der Waals surface area contributed by atoms with Gasteiger partial charge in [0, 0.05) is 37.6 Å². The maximum Gasteiger partial charge on any atom is 0.225 e. The highest BCUT2D eigenvalue weighted by atomic mass is 16.5. The van der Waals surface area contributed by atoms with Crippen molar-refractivity contribution in [1.82, 2.24) is 5.32 Å². The van der Waals surface area contributed by atoms with Gasteiger partial charge in [0.1, 0.15) is 5.75 Å². The average molecular weight is 392 g/mol. The molecule has 1 aliphatic carbocycles. The monoisotopic (exact) mass is 391 g/mol. The molecule has 0 unspecified atom stereocenters. The number of carbonyl (C=O) groups excluding carboxylic acids is 1. The van der Waals surface area contributed by atoms with Gasteiger partial charge in [0.15, 0.2) is 0 Å². The third-order valence-corrected chi connectivity index (χ3v) is 6.66. The van der Waals surface area contributed by atoms with E-state index in [1.54, 1.807) is 7.11 Å². The molecule has 1 N–H and O–H groups in total. The van der Waals surface area contributed by atoms with Gasteiger partial charge in [0.2, 0.25) is 5.91 Å². The molecule has 0 aromatic heterocycles. The van der Waals surface area contributed by atoms with Gasteiger partial charge in [-0.25, -0.2) is 0 Å². The summed E-state index contributed by atoms with van der Waals surface area (Å²) in [7, 11) is 1.69. The lowest BCUT2D eigenvalue weighted by atomic mass is 9.83. The van der Waals surface area contributed by atoms with E-state index in [0.29, 0.717) is 5.92 Å². The van der Waals surface area contributed by atoms with Crippen LogP contribution in [-0.4, -0.2) is 45.2 Å². The number of methoxy groups -OCH3 is 1. The van der Waals surface area contributed by atoms with Gasteiger partial charge in [-0.05, 0) is 61.1 Å². The number of carbonyl (C=O) groups is 1. The molecular weight excluding hydrogens is 362 g/mol. The van der Waals surface area contributed by atoms with E-state index in [9.17, 15) is 4.79 Å². The molecule has 2 atom stereocenters. The van der Waals surface area contributed by atoms with Gasteiger partial charge in [-0.15, -0.1) is 0 Å². The van der Waals surface area contributed by atoms with Gasteiger partial charge in [-0.2, -0.15) is 0 Å². The van der Waals surface area contributed by atoms with Crippen LogP contribution in [0.4, 0.5) is 11.4 Å². The van der Waals surface area contributed by atoms with Crippen LogP contribution in [0.15, 0.2) is 48.5 Å². The van der Waals surface area contributed by atoms with Gasteiger partial charge in [0.05, 0.1) is 19.1 Å². The largest absolute Gasteiger partial charge is 0.497 e. The minimum absolute atomic E-state index is 0.00954. The number of benzene rings is 2. The summed E-state index contributed by atoms with van der Waals surface area (Å²) in [5, 5.41) is 3.25. The van der Waals surface area contributed by atoms with Crippen LogP contribution >= 0.6 is 0 Å². The molecule has 1 saturated carbocycles. The zero-order valence-corrected chi connectivity index (χ0v) is 17.0. The second-order valence-corrected chi connectivity index (χ2v) is 8.53. The minimum Gasteiger partial charge on any atom is -0.497 e. The number of rotatable bonds is 5. The number of nitrogens with zero attached hydrogens (tertiary/aromatic N) is 2. The number of hydrogen-bond donors (Lipinski definition) is 1. The van der Waals surface area contributed by atoms with Crippen molar-refractivity contribution in [2.75, 3.05) is 43.1 Å². The van der Waals surface area contributed by atoms with Gasteiger partial charge >= 0.3 is 0 Å². The summed E-state index contributed by atoms with van der Waals surface area (Å²) in [6.07, 6.45) is 3.34. The standard InChI is InChI=1S/C24H29N3O2/c1-29-20-10-8-19(9-11-20)26-12-13-27-22-5-3-2-4-18(22)14-21(23(27)16-26)24(28)25-15-17-6-7-17/h2-5,8-11,17,21,23H,6-7,12-16H2,1H3,(H,25,28)/t21-,23-/m0/s1. The Morgan fingerprint density at radius 3 is 2.66 bits per heavy atom. The predicted molar refractivity (Wildman–Crippen MR) is 116 cm³/mol. The van der Waals surface area contributed by atoms with Crippen molar-refractivity contribution in [2.45, 2.75) is 25.3 Å². The van der Waals surface area contributed by atoms with Crippen LogP contribution in [-0.2, 0) is 11.2 Å². The summed E-state index contributed by atoms with van der Waals surface area (Å²) >= 11 is 0. The van der Waals surface area contributed by atoms with Crippen LogP contribution in [0.2, 0.25) is 0 Å². The number of anilines is 2. The Morgan fingerprint density at radius 2 is 1.90 bits per heavy atom. The summed E-state index contributed by atoms with van der Waals surface area (Å²) in [6.45, 7) is 3.59. The summed E-state index contributed by atoms with van der Waals surface area (Å²) in [5.41, 5.74) is 3.80. The topological polar surface area (TPSA) is 44.8 Å². The van der Waals surface area contributed by atoms with E-state index in [1.165, 1.54) is 29.8 Å². The van der Waals surface area contributed by atoms with Gasteiger partial charge in [-0.3, -0.25) is 4.79 Å². The lowest BCUT2D eigenvalue weighted by molar-refractivity contribution is -0.125. The third kappa shape index (κ3) is 3.66. The molecule has 29 heavy (non-hydrogen) atoms. The van der Waals surface area contributed by atoms with Gasteiger partial charge in [0.25, 0.3) is 0 Å². The molecule has 0 bridgehead atoms. The Morgan fingerprint density at radius 1 is 1.10 bits per heavy atom. The summed E-state index contributed by atoms with van der Waals surface area (Å²) in [6, 6.07) is 17.0. The molecule has 0 spiro atoms. The van der Waals surface area contributed by atoms with E-state index in [2.05, 4.69) is 51.5 Å². The van der Waals surface area contributed by atoms with Gasteiger partial charge in [-0.1, -0.05) is 18.2 Å². The van der Waals surface area contributed by atoms with E-state index in [4.69, 9.17) is 4.74 Å². The molecule has 152 valence electrons. The lowest BCUT2D eigenvalue weighted by Crippen LogP contribution is -2.61. The first-order valence-electron chi connectivity index (χ1n) is 10.7. The van der Waals surface area contributed by atoms with Crippen LogP contribution < -0.4 is 19.9 Å². The zero-order chi connectivity index (χ0) is 19.8. The Kier molecular flexibility index (Phi) is 4.82. The Balaban J connectivity index is 1.39. The fourth-order valence-corrected chi connectivity index (χ4v) is 4.78. The lowest BCUT2D eigenvalue weighted by Gasteiger charge is -2.49. The molecule has 2 aromatic carbocycles. The van der Waals surface area contributed by atoms with Gasteiger partial charge < -0.3 is 19.9 Å². The van der Waals surface area contributed by atoms with Crippen LogP contribution in [0.25, 0.3) is 0 Å². The number of ether oxygens (including phenoxy) is 1. The Bertz CT molecular complexity index is 878. The minimum atomic E-state index is -0.00954. The molecule has 2 aromatic rings. The fraction of sp³-hybridized carbons (Fsp3) is 0.458. The van der Waals surface area contributed by atoms with Crippen LogP contribution in [0, 0.1) is 11.8 Å². The molecule has 5 rings (SSSR count). The number of fused-ring (bicyclic) bond motifs is 3. The molecule has 5 heteroatoms. The Hall–Kier alpha value is -2.69. The number of nitrogens with one attached hydrogen (secondary N) is 1. The fourth-order valence-electron chi connectivity index (χ4n) is 4.78. The molecule has 2 fully saturated rings. The number of piperazine rings is 1. The smallest absolute Gasteiger partial charge is 0.225 e.